The van der Waals surface area contributed by atoms with Gasteiger partial charge < -0.3 is 10.2 Å². The van der Waals surface area contributed by atoms with Gasteiger partial charge in [-0.05, 0) is 25.0 Å². The second-order valence-electron chi connectivity index (χ2n) is 5.26. The fraction of sp³-hybridized carbons (Fsp3) is 0.533. The molecule has 0 bridgehead atoms. The minimum Gasteiger partial charge on any atom is -0.343 e. The summed E-state index contributed by atoms with van der Waals surface area (Å²) in [6.45, 7) is 1.81. The van der Waals surface area contributed by atoms with Gasteiger partial charge in [0, 0.05) is 32.3 Å². The molecule has 1 aromatic rings. The molecule has 0 spiro atoms. The summed E-state index contributed by atoms with van der Waals surface area (Å²) in [6.07, 6.45) is 6.05. The number of rotatable bonds is 4. The number of carbonyl (C=O) groups excluding carboxylic acids is 2. The lowest BCUT2D eigenvalue weighted by molar-refractivity contribution is -0.131. The highest BCUT2D eigenvalue weighted by Crippen LogP contribution is 2.10. The van der Waals surface area contributed by atoms with Gasteiger partial charge in [0.2, 0.25) is 5.91 Å². The third kappa shape index (κ3) is 4.98. The third-order valence-electron chi connectivity index (χ3n) is 3.57. The van der Waals surface area contributed by atoms with E-state index >= 15 is 0 Å². The molecule has 2 N–H and O–H groups in total. The standard InChI is InChI=1S/C15H21FN4O2/c16-12-6-5-8-17-14(12)19-15(22)18-9-7-13(21)20-10-3-1-2-4-11-20/h5-6,8H,1-4,7,9-11H2,(H2,17,18,19,22). The van der Waals surface area contributed by atoms with Gasteiger partial charge in [-0.3, -0.25) is 10.1 Å². The highest BCUT2D eigenvalue weighted by atomic mass is 19.1. The lowest BCUT2D eigenvalue weighted by atomic mass is 10.2. The summed E-state index contributed by atoms with van der Waals surface area (Å²) < 4.78 is 13.3. The van der Waals surface area contributed by atoms with Crippen LogP contribution in [-0.4, -0.2) is 41.5 Å². The van der Waals surface area contributed by atoms with Gasteiger partial charge in [0.05, 0.1) is 0 Å². The Labute approximate surface area is 129 Å². The Balaban J connectivity index is 1.70. The number of amides is 3. The Hall–Kier alpha value is -2.18. The normalized spacial score (nSPS) is 15.0. The van der Waals surface area contributed by atoms with Gasteiger partial charge >= 0.3 is 6.03 Å². The molecule has 120 valence electrons. The monoisotopic (exact) mass is 308 g/mol. The first kappa shape index (κ1) is 16.2. The van der Waals surface area contributed by atoms with Crippen LogP contribution in [-0.2, 0) is 4.79 Å². The SMILES string of the molecule is O=C(NCCC(=O)N1CCCCCC1)Nc1ncccc1F. The van der Waals surface area contributed by atoms with Crippen molar-refractivity contribution in [2.75, 3.05) is 25.0 Å². The maximum Gasteiger partial charge on any atom is 0.320 e. The molecule has 0 aromatic carbocycles. The lowest BCUT2D eigenvalue weighted by Gasteiger charge is -2.20. The van der Waals surface area contributed by atoms with Crippen molar-refractivity contribution in [2.45, 2.75) is 32.1 Å². The first-order chi connectivity index (χ1) is 10.7. The second kappa shape index (κ2) is 8.31. The number of nitrogens with zero attached hydrogens (tertiary/aromatic N) is 2. The van der Waals surface area contributed by atoms with Crippen LogP contribution in [0.1, 0.15) is 32.1 Å². The summed E-state index contributed by atoms with van der Waals surface area (Å²) in [6, 6.07) is 2.09. The van der Waals surface area contributed by atoms with Crippen molar-refractivity contribution < 1.29 is 14.0 Å². The molecule has 3 amide bonds. The van der Waals surface area contributed by atoms with Crippen molar-refractivity contribution in [1.29, 1.82) is 0 Å². The number of aromatic nitrogens is 1. The highest BCUT2D eigenvalue weighted by Gasteiger charge is 2.15. The van der Waals surface area contributed by atoms with Crippen LogP contribution < -0.4 is 10.6 Å². The number of nitrogens with one attached hydrogen (secondary N) is 2. The molecule has 22 heavy (non-hydrogen) atoms. The average molecular weight is 308 g/mol. The van der Waals surface area contributed by atoms with Gasteiger partial charge in [-0.15, -0.1) is 0 Å². The molecule has 0 saturated carbocycles. The van der Waals surface area contributed by atoms with Gasteiger partial charge in [-0.25, -0.2) is 14.2 Å². The van der Waals surface area contributed by atoms with Gasteiger partial charge in [0.25, 0.3) is 0 Å². The number of hydrogen-bond donors (Lipinski definition) is 2. The zero-order valence-electron chi connectivity index (χ0n) is 12.5. The van der Waals surface area contributed by atoms with E-state index in [0.29, 0.717) is 0 Å². The van der Waals surface area contributed by atoms with Crippen LogP contribution in [0.5, 0.6) is 0 Å². The molecular weight excluding hydrogens is 287 g/mol. The molecule has 0 aliphatic carbocycles. The van der Waals surface area contributed by atoms with Gasteiger partial charge in [0.15, 0.2) is 11.6 Å². The number of halogens is 1. The Kier molecular flexibility index (Phi) is 6.12. The zero-order valence-corrected chi connectivity index (χ0v) is 12.5. The number of hydrogen-bond acceptors (Lipinski definition) is 3. The Morgan fingerprint density at radius 2 is 1.95 bits per heavy atom. The molecule has 6 nitrogen and oxygen atoms in total. The molecule has 0 radical (unpaired) electrons. The summed E-state index contributed by atoms with van der Waals surface area (Å²) in [5.74, 6) is -0.677. The molecule has 2 heterocycles. The molecule has 1 saturated heterocycles. The number of pyridine rings is 1. The minimum atomic E-state index is -0.599. The third-order valence-corrected chi connectivity index (χ3v) is 3.57. The van der Waals surface area contributed by atoms with Crippen molar-refractivity contribution in [3.05, 3.63) is 24.1 Å². The molecule has 0 unspecified atom stereocenters. The van der Waals surface area contributed by atoms with E-state index in [-0.39, 0.29) is 24.7 Å². The summed E-state index contributed by atoms with van der Waals surface area (Å²) >= 11 is 0. The van der Waals surface area contributed by atoms with Gasteiger partial charge in [-0.1, -0.05) is 12.8 Å². The predicted molar refractivity (Wildman–Crippen MR) is 80.9 cm³/mol. The van der Waals surface area contributed by atoms with E-state index in [0.717, 1.165) is 25.9 Å². The van der Waals surface area contributed by atoms with Crippen molar-refractivity contribution in [1.82, 2.24) is 15.2 Å². The summed E-state index contributed by atoms with van der Waals surface area (Å²) in [5, 5.41) is 4.85. The van der Waals surface area contributed by atoms with E-state index in [2.05, 4.69) is 15.6 Å². The summed E-state index contributed by atoms with van der Waals surface area (Å²) in [7, 11) is 0. The van der Waals surface area contributed by atoms with E-state index in [1.54, 1.807) is 0 Å². The van der Waals surface area contributed by atoms with Crippen LogP contribution >= 0.6 is 0 Å². The largest absolute Gasteiger partial charge is 0.343 e. The first-order valence-electron chi connectivity index (χ1n) is 7.60. The predicted octanol–water partition coefficient (Wildman–Crippen LogP) is 2.13. The number of likely N-dealkylation sites (tertiary alicyclic amines) is 1. The van der Waals surface area contributed by atoms with E-state index in [1.165, 1.54) is 31.2 Å². The van der Waals surface area contributed by atoms with E-state index in [9.17, 15) is 14.0 Å². The quantitative estimate of drug-likeness (QED) is 0.895. The van der Waals surface area contributed by atoms with Crippen molar-refractivity contribution in [3.63, 3.8) is 0 Å². The summed E-state index contributed by atoms with van der Waals surface area (Å²) in [5.41, 5.74) is 0. The van der Waals surface area contributed by atoms with Gasteiger partial charge in [0.1, 0.15) is 0 Å². The van der Waals surface area contributed by atoms with E-state index in [4.69, 9.17) is 0 Å². The van der Waals surface area contributed by atoms with E-state index < -0.39 is 11.8 Å². The number of urea groups is 1. The maximum absolute atomic E-state index is 13.3. The van der Waals surface area contributed by atoms with Crippen LogP contribution in [0.15, 0.2) is 18.3 Å². The molecule has 7 heteroatoms. The Morgan fingerprint density at radius 1 is 1.23 bits per heavy atom. The molecular formula is C15H21FN4O2. The van der Waals surface area contributed by atoms with Crippen LogP contribution in [0.2, 0.25) is 0 Å². The number of anilines is 1. The van der Waals surface area contributed by atoms with Crippen LogP contribution in [0.25, 0.3) is 0 Å². The van der Waals surface area contributed by atoms with Crippen LogP contribution in [0.4, 0.5) is 15.0 Å². The lowest BCUT2D eigenvalue weighted by Crippen LogP contribution is -2.36. The molecule has 1 fully saturated rings. The smallest absolute Gasteiger partial charge is 0.320 e. The van der Waals surface area contributed by atoms with Crippen molar-refractivity contribution in [2.24, 2.45) is 0 Å². The molecule has 2 rings (SSSR count). The zero-order chi connectivity index (χ0) is 15.8. The average Bonchev–Trinajstić information content (AvgIpc) is 2.79. The molecule has 1 aliphatic heterocycles. The first-order valence-corrected chi connectivity index (χ1v) is 7.60. The topological polar surface area (TPSA) is 74.3 Å². The minimum absolute atomic E-state index is 0.0474. The van der Waals surface area contributed by atoms with Crippen molar-refractivity contribution in [3.8, 4) is 0 Å². The Bertz CT molecular complexity index is 516. The van der Waals surface area contributed by atoms with Gasteiger partial charge in [-0.2, -0.15) is 0 Å². The molecule has 1 aliphatic rings. The van der Waals surface area contributed by atoms with Crippen LogP contribution in [0, 0.1) is 5.82 Å². The Morgan fingerprint density at radius 3 is 2.64 bits per heavy atom. The fourth-order valence-corrected chi connectivity index (χ4v) is 2.39. The number of carbonyl (C=O) groups is 2. The molecule has 1 aromatic heterocycles. The summed E-state index contributed by atoms with van der Waals surface area (Å²) in [4.78, 5) is 29.2. The highest BCUT2D eigenvalue weighted by molar-refractivity contribution is 5.88. The second-order valence-corrected chi connectivity index (χ2v) is 5.26. The molecule has 0 atom stereocenters. The fourth-order valence-electron chi connectivity index (χ4n) is 2.39. The van der Waals surface area contributed by atoms with Crippen molar-refractivity contribution >= 4 is 17.8 Å². The van der Waals surface area contributed by atoms with Crippen LogP contribution in [0.3, 0.4) is 0 Å². The maximum atomic E-state index is 13.3. The van der Waals surface area contributed by atoms with E-state index in [1.807, 2.05) is 4.90 Å².